The lowest BCUT2D eigenvalue weighted by molar-refractivity contribution is -0.142. The molecule has 0 bridgehead atoms. The summed E-state index contributed by atoms with van der Waals surface area (Å²) < 4.78 is 0. The van der Waals surface area contributed by atoms with Gasteiger partial charge in [0.2, 0.25) is 29.5 Å². The molecular formula is C25H35N7O7S. The van der Waals surface area contributed by atoms with Gasteiger partial charge in [-0.3, -0.25) is 24.0 Å². The highest BCUT2D eigenvalue weighted by atomic mass is 32.2. The molecule has 11 N–H and O–H groups in total. The Hall–Kier alpha value is -4.11. The molecule has 0 radical (unpaired) electrons. The van der Waals surface area contributed by atoms with Crippen molar-refractivity contribution in [3.8, 4) is 0 Å². The van der Waals surface area contributed by atoms with Gasteiger partial charge in [0.1, 0.15) is 18.1 Å². The first-order chi connectivity index (χ1) is 18.9. The van der Waals surface area contributed by atoms with E-state index in [1.807, 2.05) is 18.2 Å². The molecule has 218 valence electrons. The number of H-pyrrole nitrogens is 1. The smallest absolute Gasteiger partial charge is 0.326 e. The summed E-state index contributed by atoms with van der Waals surface area (Å²) in [6.45, 7) is 0. The number of carboxylic acid groups (broad SMARTS) is 1. The number of amides is 5. The molecule has 4 unspecified atom stereocenters. The van der Waals surface area contributed by atoms with Crippen LogP contribution in [0.15, 0.2) is 30.5 Å². The van der Waals surface area contributed by atoms with Crippen LogP contribution >= 0.6 is 11.8 Å². The number of primary amides is 2. The maximum Gasteiger partial charge on any atom is 0.326 e. The zero-order valence-electron chi connectivity index (χ0n) is 22.0. The van der Waals surface area contributed by atoms with Gasteiger partial charge in [0.25, 0.3) is 0 Å². The van der Waals surface area contributed by atoms with E-state index >= 15 is 0 Å². The lowest BCUT2D eigenvalue weighted by atomic mass is 10.0. The van der Waals surface area contributed by atoms with Crippen LogP contribution in [0.5, 0.6) is 0 Å². The Bertz CT molecular complexity index is 1240. The maximum absolute atomic E-state index is 13.3. The molecule has 1 aromatic carbocycles. The fourth-order valence-corrected chi connectivity index (χ4v) is 4.38. The van der Waals surface area contributed by atoms with Crippen molar-refractivity contribution in [2.75, 3.05) is 12.0 Å². The second kappa shape index (κ2) is 15.5. The van der Waals surface area contributed by atoms with Crippen LogP contribution in [0.2, 0.25) is 0 Å². The van der Waals surface area contributed by atoms with E-state index < -0.39 is 66.1 Å². The lowest BCUT2D eigenvalue weighted by Gasteiger charge is -2.25. The average Bonchev–Trinajstić information content (AvgIpc) is 3.30. The summed E-state index contributed by atoms with van der Waals surface area (Å²) in [6, 6.07) is 2.15. The van der Waals surface area contributed by atoms with Crippen LogP contribution in [0.1, 0.15) is 31.2 Å². The van der Waals surface area contributed by atoms with Gasteiger partial charge in [0, 0.05) is 29.9 Å². The fraction of sp³-hybridized carbons (Fsp3) is 0.440. The second-order valence-electron chi connectivity index (χ2n) is 9.15. The molecule has 0 saturated carbocycles. The number of nitrogens with one attached hydrogen (secondary N) is 4. The van der Waals surface area contributed by atoms with Gasteiger partial charge in [-0.25, -0.2) is 4.79 Å². The number of hydrogen-bond acceptors (Lipinski definition) is 8. The number of carbonyl (C=O) groups is 6. The highest BCUT2D eigenvalue weighted by molar-refractivity contribution is 7.98. The van der Waals surface area contributed by atoms with Crippen molar-refractivity contribution in [2.24, 2.45) is 17.2 Å². The van der Waals surface area contributed by atoms with Crippen LogP contribution < -0.4 is 33.2 Å². The van der Waals surface area contributed by atoms with E-state index in [1.165, 1.54) is 11.8 Å². The molecule has 0 fully saturated rings. The van der Waals surface area contributed by atoms with Gasteiger partial charge >= 0.3 is 5.97 Å². The van der Waals surface area contributed by atoms with Crippen LogP contribution in [0.25, 0.3) is 10.9 Å². The van der Waals surface area contributed by atoms with Crippen molar-refractivity contribution in [3.63, 3.8) is 0 Å². The lowest BCUT2D eigenvalue weighted by Crippen LogP contribution is -2.58. The predicted molar refractivity (Wildman–Crippen MR) is 149 cm³/mol. The molecule has 2 aromatic rings. The number of para-hydroxylation sites is 1. The van der Waals surface area contributed by atoms with Crippen LogP contribution in [0.3, 0.4) is 0 Å². The van der Waals surface area contributed by atoms with Gasteiger partial charge in [0.15, 0.2) is 0 Å². The van der Waals surface area contributed by atoms with Gasteiger partial charge in [0.05, 0.1) is 12.5 Å². The van der Waals surface area contributed by atoms with Crippen molar-refractivity contribution in [1.29, 1.82) is 0 Å². The number of benzene rings is 1. The third-order valence-corrected chi connectivity index (χ3v) is 6.67. The van der Waals surface area contributed by atoms with E-state index in [-0.39, 0.29) is 25.7 Å². The summed E-state index contributed by atoms with van der Waals surface area (Å²) in [4.78, 5) is 76.5. The summed E-state index contributed by atoms with van der Waals surface area (Å²) in [6.07, 6.45) is 2.64. The molecular weight excluding hydrogens is 542 g/mol. The van der Waals surface area contributed by atoms with Crippen molar-refractivity contribution < 1.29 is 33.9 Å². The van der Waals surface area contributed by atoms with Crippen molar-refractivity contribution in [3.05, 3.63) is 36.0 Å². The molecule has 2 rings (SSSR count). The van der Waals surface area contributed by atoms with Crippen molar-refractivity contribution >= 4 is 58.2 Å². The zero-order valence-corrected chi connectivity index (χ0v) is 22.8. The molecule has 15 heteroatoms. The first-order valence-corrected chi connectivity index (χ1v) is 13.8. The summed E-state index contributed by atoms with van der Waals surface area (Å²) in [5.74, 6) is -4.78. The van der Waals surface area contributed by atoms with Gasteiger partial charge in [-0.05, 0) is 36.5 Å². The highest BCUT2D eigenvalue weighted by Gasteiger charge is 2.31. The van der Waals surface area contributed by atoms with Crippen LogP contribution in [-0.2, 0) is 35.2 Å². The largest absolute Gasteiger partial charge is 0.480 e. The molecule has 0 aliphatic carbocycles. The predicted octanol–water partition coefficient (Wildman–Crippen LogP) is -1.53. The topological polar surface area (TPSA) is 253 Å². The Balaban J connectivity index is 2.32. The third kappa shape index (κ3) is 9.89. The Morgan fingerprint density at radius 1 is 0.900 bits per heavy atom. The number of carboxylic acids is 1. The number of fused-ring (bicyclic) bond motifs is 1. The van der Waals surface area contributed by atoms with Gasteiger partial charge in [-0.1, -0.05) is 18.2 Å². The third-order valence-electron chi connectivity index (χ3n) is 6.03. The normalized spacial score (nSPS) is 13.9. The first-order valence-electron chi connectivity index (χ1n) is 12.4. The van der Waals surface area contributed by atoms with Gasteiger partial charge in [-0.2, -0.15) is 11.8 Å². The molecule has 0 aliphatic rings. The molecule has 14 nitrogen and oxygen atoms in total. The Kier molecular flexibility index (Phi) is 12.4. The number of carbonyl (C=O) groups excluding carboxylic acids is 5. The number of hydrogen-bond donors (Lipinski definition) is 8. The molecule has 4 atom stereocenters. The molecule has 1 aromatic heterocycles. The number of thioether (sulfide) groups is 1. The van der Waals surface area contributed by atoms with Crippen LogP contribution in [0.4, 0.5) is 0 Å². The number of aliphatic carboxylic acids is 1. The fourth-order valence-electron chi connectivity index (χ4n) is 3.91. The van der Waals surface area contributed by atoms with Crippen molar-refractivity contribution in [2.45, 2.75) is 56.3 Å². The molecule has 0 spiro atoms. The Morgan fingerprint density at radius 2 is 1.52 bits per heavy atom. The average molecular weight is 578 g/mol. The van der Waals surface area contributed by atoms with E-state index in [1.54, 1.807) is 18.5 Å². The van der Waals surface area contributed by atoms with E-state index in [0.29, 0.717) is 11.3 Å². The van der Waals surface area contributed by atoms with E-state index in [4.69, 9.17) is 17.2 Å². The minimum absolute atomic E-state index is 0.0197. The second-order valence-corrected chi connectivity index (χ2v) is 10.1. The van der Waals surface area contributed by atoms with Gasteiger partial charge in [-0.15, -0.1) is 0 Å². The zero-order chi connectivity index (χ0) is 29.8. The minimum Gasteiger partial charge on any atom is -0.480 e. The molecule has 0 saturated heterocycles. The van der Waals surface area contributed by atoms with Crippen LogP contribution in [-0.4, -0.2) is 81.8 Å². The number of aromatic nitrogens is 1. The Morgan fingerprint density at radius 3 is 2.15 bits per heavy atom. The monoisotopic (exact) mass is 577 g/mol. The van der Waals surface area contributed by atoms with E-state index in [9.17, 15) is 33.9 Å². The number of nitrogens with two attached hydrogens (primary N) is 3. The van der Waals surface area contributed by atoms with E-state index in [0.717, 1.165) is 10.9 Å². The summed E-state index contributed by atoms with van der Waals surface area (Å²) >= 11 is 1.42. The quantitative estimate of drug-likeness (QED) is 0.108. The molecule has 5 amide bonds. The highest BCUT2D eigenvalue weighted by Crippen LogP contribution is 2.19. The van der Waals surface area contributed by atoms with Gasteiger partial charge < -0.3 is 43.2 Å². The standard InChI is InChI=1S/C25H35N7O7S/c1-40-9-8-18(25(38)39)31-24(37)19(10-13-12-29-16-5-3-2-4-14(13)16)32-23(36)17(6-7-20(27)33)30-22(35)15(26)11-21(28)34/h2-5,12,15,17-19,29H,6-11,26H2,1H3,(H2,27,33)(H2,28,34)(H,30,35)(H,31,37)(H,32,36)(H,38,39). The minimum atomic E-state index is -1.35. The van der Waals surface area contributed by atoms with Crippen molar-refractivity contribution in [1.82, 2.24) is 20.9 Å². The summed E-state index contributed by atoms with van der Waals surface area (Å²) in [5.41, 5.74) is 17.4. The molecule has 1 heterocycles. The number of aromatic amines is 1. The Labute approximate surface area is 234 Å². The van der Waals surface area contributed by atoms with Crippen LogP contribution in [0, 0.1) is 0 Å². The maximum atomic E-state index is 13.3. The first kappa shape index (κ1) is 32.1. The SMILES string of the molecule is CSCCC(NC(=O)C(Cc1c[nH]c2ccccc12)NC(=O)C(CCC(N)=O)NC(=O)C(N)CC(N)=O)C(=O)O. The van der Waals surface area contributed by atoms with E-state index in [2.05, 4.69) is 20.9 Å². The molecule has 40 heavy (non-hydrogen) atoms. The number of rotatable bonds is 17. The molecule has 0 aliphatic heterocycles. The summed E-state index contributed by atoms with van der Waals surface area (Å²) in [7, 11) is 0. The summed E-state index contributed by atoms with van der Waals surface area (Å²) in [5, 5.41) is 17.8.